The van der Waals surface area contributed by atoms with Crippen molar-refractivity contribution in [3.8, 4) is 0 Å². The van der Waals surface area contributed by atoms with Crippen molar-refractivity contribution in [2.75, 3.05) is 0 Å². The Morgan fingerprint density at radius 2 is 1.52 bits per heavy atom. The van der Waals surface area contributed by atoms with Crippen LogP contribution in [-0.2, 0) is 6.42 Å². The van der Waals surface area contributed by atoms with E-state index in [0.29, 0.717) is 12.0 Å². The zero-order chi connectivity index (χ0) is 14.7. The molecule has 0 spiro atoms. The molecule has 0 amide bonds. The van der Waals surface area contributed by atoms with E-state index in [1.165, 1.54) is 5.39 Å². The van der Waals surface area contributed by atoms with E-state index in [0.717, 1.165) is 10.9 Å². The molecule has 0 saturated heterocycles. The van der Waals surface area contributed by atoms with Crippen LogP contribution in [0.5, 0.6) is 0 Å². The minimum atomic E-state index is -0.543. The van der Waals surface area contributed by atoms with Crippen LogP contribution in [0.3, 0.4) is 0 Å². The fourth-order valence-electron chi connectivity index (χ4n) is 2.54. The van der Waals surface area contributed by atoms with Gasteiger partial charge >= 0.3 is 0 Å². The van der Waals surface area contributed by atoms with Crippen molar-refractivity contribution in [2.45, 2.75) is 11.8 Å². The monoisotopic (exact) mass is 294 g/mol. The van der Waals surface area contributed by atoms with E-state index in [1.807, 2.05) is 42.5 Å². The number of halogens is 1. The second kappa shape index (κ2) is 6.11. The highest BCUT2D eigenvalue weighted by atomic mass is 35.5. The fourth-order valence-corrected chi connectivity index (χ4v) is 2.83. The van der Waals surface area contributed by atoms with E-state index in [4.69, 9.17) is 11.6 Å². The molecule has 0 aliphatic heterocycles. The van der Waals surface area contributed by atoms with E-state index in [9.17, 15) is 4.79 Å². The Labute approximate surface area is 129 Å². The quantitative estimate of drug-likeness (QED) is 0.495. The Morgan fingerprint density at radius 1 is 0.857 bits per heavy atom. The number of carbonyl (C=O) groups is 1. The maximum absolute atomic E-state index is 12.4. The zero-order valence-electron chi connectivity index (χ0n) is 11.5. The highest BCUT2D eigenvalue weighted by Gasteiger charge is 2.18. The van der Waals surface area contributed by atoms with Gasteiger partial charge in [0.15, 0.2) is 5.78 Å². The fraction of sp³-hybridized carbons (Fsp3) is 0.105. The summed E-state index contributed by atoms with van der Waals surface area (Å²) in [5, 5.41) is 1.79. The number of alkyl halides is 1. The Morgan fingerprint density at radius 3 is 2.33 bits per heavy atom. The molecule has 21 heavy (non-hydrogen) atoms. The molecule has 1 atom stereocenters. The summed E-state index contributed by atoms with van der Waals surface area (Å²) in [6.45, 7) is 0. The highest BCUT2D eigenvalue weighted by Crippen LogP contribution is 2.22. The standard InChI is InChI=1S/C19H15ClO/c20-18(19(21)15-8-2-1-3-9-15)13-16-11-6-10-14-7-4-5-12-17(14)16/h1-12,18H,13H2. The minimum absolute atomic E-state index is 0.0230. The summed E-state index contributed by atoms with van der Waals surface area (Å²) in [5.74, 6) is -0.0230. The Bertz CT molecular complexity index is 759. The SMILES string of the molecule is O=C(c1ccccc1)C(Cl)Cc1cccc2ccccc12. The summed E-state index contributed by atoms with van der Waals surface area (Å²) >= 11 is 6.35. The van der Waals surface area contributed by atoms with Gasteiger partial charge in [0.1, 0.15) is 5.38 Å². The molecule has 0 radical (unpaired) electrons. The summed E-state index contributed by atoms with van der Waals surface area (Å²) in [7, 11) is 0. The maximum Gasteiger partial charge on any atom is 0.180 e. The van der Waals surface area contributed by atoms with Crippen LogP contribution in [0.25, 0.3) is 10.8 Å². The smallest absolute Gasteiger partial charge is 0.180 e. The van der Waals surface area contributed by atoms with Gasteiger partial charge in [0, 0.05) is 5.56 Å². The maximum atomic E-state index is 12.4. The van der Waals surface area contributed by atoms with E-state index in [2.05, 4.69) is 18.2 Å². The average Bonchev–Trinajstić information content (AvgIpc) is 2.55. The van der Waals surface area contributed by atoms with Gasteiger partial charge in [-0.3, -0.25) is 4.79 Å². The lowest BCUT2D eigenvalue weighted by Crippen LogP contribution is -2.17. The number of ketones is 1. The number of benzene rings is 3. The van der Waals surface area contributed by atoms with Gasteiger partial charge in [-0.2, -0.15) is 0 Å². The summed E-state index contributed by atoms with van der Waals surface area (Å²) < 4.78 is 0. The van der Waals surface area contributed by atoms with Crippen molar-refractivity contribution >= 4 is 28.2 Å². The molecule has 0 aliphatic carbocycles. The van der Waals surface area contributed by atoms with Gasteiger partial charge < -0.3 is 0 Å². The van der Waals surface area contributed by atoms with Gasteiger partial charge in [0.25, 0.3) is 0 Å². The van der Waals surface area contributed by atoms with E-state index < -0.39 is 5.38 Å². The first-order valence-electron chi connectivity index (χ1n) is 6.95. The molecule has 3 aromatic rings. The van der Waals surface area contributed by atoms with Gasteiger partial charge in [-0.05, 0) is 22.8 Å². The summed E-state index contributed by atoms with van der Waals surface area (Å²) in [4.78, 5) is 12.4. The van der Waals surface area contributed by atoms with E-state index in [-0.39, 0.29) is 5.78 Å². The van der Waals surface area contributed by atoms with Crippen molar-refractivity contribution in [3.05, 3.63) is 83.9 Å². The molecule has 3 aromatic carbocycles. The average molecular weight is 295 g/mol. The Hall–Kier alpha value is -2.12. The van der Waals surface area contributed by atoms with Crippen LogP contribution < -0.4 is 0 Å². The first kappa shape index (κ1) is 13.8. The summed E-state index contributed by atoms with van der Waals surface area (Å²) in [6.07, 6.45) is 0.538. The van der Waals surface area contributed by atoms with Crippen LogP contribution >= 0.6 is 11.6 Å². The van der Waals surface area contributed by atoms with Crippen molar-refractivity contribution in [1.82, 2.24) is 0 Å². The number of hydrogen-bond donors (Lipinski definition) is 0. The van der Waals surface area contributed by atoms with Gasteiger partial charge in [-0.15, -0.1) is 11.6 Å². The van der Waals surface area contributed by atoms with Gasteiger partial charge in [-0.25, -0.2) is 0 Å². The van der Waals surface area contributed by atoms with Crippen molar-refractivity contribution < 1.29 is 4.79 Å². The molecule has 104 valence electrons. The predicted molar refractivity (Wildman–Crippen MR) is 88.1 cm³/mol. The molecule has 1 nitrogen and oxygen atoms in total. The van der Waals surface area contributed by atoms with Crippen molar-refractivity contribution in [1.29, 1.82) is 0 Å². The minimum Gasteiger partial charge on any atom is -0.292 e. The van der Waals surface area contributed by atoms with Gasteiger partial charge in [0.2, 0.25) is 0 Å². The zero-order valence-corrected chi connectivity index (χ0v) is 12.3. The molecular weight excluding hydrogens is 280 g/mol. The number of carbonyl (C=O) groups excluding carboxylic acids is 1. The largest absolute Gasteiger partial charge is 0.292 e. The molecule has 0 aromatic heterocycles. The molecular formula is C19H15ClO. The van der Waals surface area contributed by atoms with Crippen LogP contribution in [0.4, 0.5) is 0 Å². The van der Waals surface area contributed by atoms with Crippen LogP contribution in [0.2, 0.25) is 0 Å². The molecule has 0 saturated carbocycles. The predicted octanol–water partition coefficient (Wildman–Crippen LogP) is 4.87. The highest BCUT2D eigenvalue weighted by molar-refractivity contribution is 6.34. The molecule has 0 heterocycles. The molecule has 0 aliphatic rings. The number of fused-ring (bicyclic) bond motifs is 1. The Kier molecular flexibility index (Phi) is 4.03. The van der Waals surface area contributed by atoms with E-state index in [1.54, 1.807) is 12.1 Å². The first-order valence-corrected chi connectivity index (χ1v) is 7.39. The van der Waals surface area contributed by atoms with Crippen molar-refractivity contribution in [3.63, 3.8) is 0 Å². The second-order valence-corrected chi connectivity index (χ2v) is 5.57. The number of rotatable bonds is 4. The number of Topliss-reactive ketones (excluding diaryl/α,β-unsaturated/α-hetero) is 1. The van der Waals surface area contributed by atoms with Crippen LogP contribution in [-0.4, -0.2) is 11.2 Å². The Balaban J connectivity index is 1.87. The third-order valence-corrected chi connectivity index (χ3v) is 3.97. The number of hydrogen-bond acceptors (Lipinski definition) is 1. The van der Waals surface area contributed by atoms with Crippen LogP contribution in [0.15, 0.2) is 72.8 Å². The first-order chi connectivity index (χ1) is 10.3. The molecule has 2 heteroatoms. The molecule has 0 bridgehead atoms. The molecule has 0 N–H and O–H groups in total. The van der Waals surface area contributed by atoms with Gasteiger partial charge in [-0.1, -0.05) is 72.8 Å². The second-order valence-electron chi connectivity index (χ2n) is 5.04. The topological polar surface area (TPSA) is 17.1 Å². The lowest BCUT2D eigenvalue weighted by Gasteiger charge is -2.11. The van der Waals surface area contributed by atoms with Crippen LogP contribution in [0, 0.1) is 0 Å². The lowest BCUT2D eigenvalue weighted by atomic mass is 9.98. The third kappa shape index (κ3) is 2.98. The normalized spacial score (nSPS) is 12.2. The lowest BCUT2D eigenvalue weighted by molar-refractivity contribution is 0.0987. The molecule has 0 fully saturated rings. The summed E-state index contributed by atoms with van der Waals surface area (Å²) in [6, 6.07) is 23.5. The van der Waals surface area contributed by atoms with Crippen LogP contribution in [0.1, 0.15) is 15.9 Å². The molecule has 1 unspecified atom stereocenters. The summed E-state index contributed by atoms with van der Waals surface area (Å²) in [5.41, 5.74) is 1.77. The van der Waals surface area contributed by atoms with E-state index >= 15 is 0 Å². The molecule has 3 rings (SSSR count). The van der Waals surface area contributed by atoms with Crippen molar-refractivity contribution in [2.24, 2.45) is 0 Å². The third-order valence-electron chi connectivity index (χ3n) is 3.62. The van der Waals surface area contributed by atoms with Gasteiger partial charge in [0.05, 0.1) is 0 Å².